The van der Waals surface area contributed by atoms with E-state index in [4.69, 9.17) is 17.5 Å². The molecule has 0 spiro atoms. The Kier molecular flexibility index (Phi) is 4.39. The summed E-state index contributed by atoms with van der Waals surface area (Å²) in [5.74, 6) is 0. The summed E-state index contributed by atoms with van der Waals surface area (Å²) in [6.07, 6.45) is 7.34. The first-order valence-electron chi connectivity index (χ1n) is 4.50. The number of rotatable bonds is 2. The summed E-state index contributed by atoms with van der Waals surface area (Å²) >= 11 is 4.88. The van der Waals surface area contributed by atoms with Crippen LogP contribution in [0.1, 0.15) is 12.5 Å². The number of benzene rings is 1. The molecule has 74 valence electrons. The average Bonchev–Trinajstić information content (AvgIpc) is 2.25. The smallest absolute Gasteiger partial charge is 0.136 e. The van der Waals surface area contributed by atoms with Gasteiger partial charge in [-0.15, -0.1) is 4.58 Å². The minimum Gasteiger partial charge on any atom is -0.136 e. The standard InChI is InChI=1S/C12H11N2S/c1-11(15)14(10-13)9-5-8-12-6-3-2-4-7-12/h2-9H,1H3/q+1/b8-5+,14-9?. The quantitative estimate of drug-likeness (QED) is 0.249. The average molecular weight is 215 g/mol. The summed E-state index contributed by atoms with van der Waals surface area (Å²) in [4.78, 5) is 0.537. The molecular weight excluding hydrogens is 204 g/mol. The van der Waals surface area contributed by atoms with Crippen LogP contribution in [0.2, 0.25) is 0 Å². The summed E-state index contributed by atoms with van der Waals surface area (Å²) < 4.78 is 1.34. The van der Waals surface area contributed by atoms with Gasteiger partial charge in [-0.3, -0.25) is 0 Å². The molecule has 0 radical (unpaired) electrons. The number of allylic oxidation sites excluding steroid dienone is 1. The third kappa shape index (κ3) is 3.84. The van der Waals surface area contributed by atoms with Crippen LogP contribution in [0.15, 0.2) is 36.4 Å². The molecule has 0 unspecified atom stereocenters. The molecule has 0 saturated heterocycles. The Bertz CT molecular complexity index is 438. The Morgan fingerprint density at radius 1 is 1.40 bits per heavy atom. The zero-order chi connectivity index (χ0) is 11.1. The van der Waals surface area contributed by atoms with E-state index in [2.05, 4.69) is 0 Å². The zero-order valence-electron chi connectivity index (χ0n) is 8.42. The van der Waals surface area contributed by atoms with Crippen molar-refractivity contribution in [1.29, 1.82) is 5.26 Å². The highest BCUT2D eigenvalue weighted by atomic mass is 32.1. The lowest BCUT2D eigenvalue weighted by Gasteiger charge is -1.89. The number of hydrogen-bond acceptors (Lipinski definition) is 2. The second-order valence-corrected chi connectivity index (χ2v) is 3.50. The van der Waals surface area contributed by atoms with Gasteiger partial charge in [-0.2, -0.15) is 0 Å². The second-order valence-electron chi connectivity index (χ2n) is 2.91. The summed E-state index contributed by atoms with van der Waals surface area (Å²) in [5.41, 5.74) is 1.09. The van der Waals surface area contributed by atoms with E-state index < -0.39 is 0 Å². The first-order chi connectivity index (χ1) is 7.24. The van der Waals surface area contributed by atoms with E-state index in [9.17, 15) is 0 Å². The molecule has 0 amide bonds. The third-order valence-corrected chi connectivity index (χ3v) is 1.97. The fourth-order valence-corrected chi connectivity index (χ4v) is 1.11. The van der Waals surface area contributed by atoms with E-state index in [0.29, 0.717) is 4.99 Å². The third-order valence-electron chi connectivity index (χ3n) is 1.77. The molecule has 1 aromatic rings. The Labute approximate surface area is 94.8 Å². The summed E-state index contributed by atoms with van der Waals surface area (Å²) in [6.45, 7) is 1.71. The van der Waals surface area contributed by atoms with Crippen LogP contribution in [0.4, 0.5) is 0 Å². The maximum Gasteiger partial charge on any atom is 0.464 e. The minimum atomic E-state index is 0.537. The Hall–Kier alpha value is -1.79. The van der Waals surface area contributed by atoms with Crippen LogP contribution in [0.5, 0.6) is 0 Å². The molecule has 0 aliphatic carbocycles. The molecule has 0 aromatic heterocycles. The van der Waals surface area contributed by atoms with Crippen molar-refractivity contribution in [1.82, 2.24) is 0 Å². The fraction of sp³-hybridized carbons (Fsp3) is 0.0833. The second kappa shape index (κ2) is 5.84. The highest BCUT2D eigenvalue weighted by molar-refractivity contribution is 7.79. The normalized spacial score (nSPS) is 11.3. The van der Waals surface area contributed by atoms with Gasteiger partial charge in [-0.25, -0.2) is 0 Å². The Balaban J connectivity index is 2.76. The molecule has 15 heavy (non-hydrogen) atoms. The van der Waals surface area contributed by atoms with Gasteiger partial charge in [-0.1, -0.05) is 36.4 Å². The van der Waals surface area contributed by atoms with Gasteiger partial charge < -0.3 is 0 Å². The monoisotopic (exact) mass is 215 g/mol. The van der Waals surface area contributed by atoms with Gasteiger partial charge in [0.1, 0.15) is 6.21 Å². The van der Waals surface area contributed by atoms with Crippen molar-refractivity contribution in [2.24, 2.45) is 0 Å². The van der Waals surface area contributed by atoms with Crippen LogP contribution in [0, 0.1) is 11.5 Å². The molecular formula is C12H11N2S+. The van der Waals surface area contributed by atoms with Crippen molar-refractivity contribution in [3.8, 4) is 6.19 Å². The van der Waals surface area contributed by atoms with E-state index in [-0.39, 0.29) is 0 Å². The Morgan fingerprint density at radius 2 is 2.07 bits per heavy atom. The maximum absolute atomic E-state index is 8.72. The van der Waals surface area contributed by atoms with Gasteiger partial charge in [0.05, 0.1) is 0 Å². The van der Waals surface area contributed by atoms with Gasteiger partial charge in [-0.05, 0) is 23.9 Å². The van der Waals surface area contributed by atoms with E-state index in [1.807, 2.05) is 42.6 Å². The molecule has 0 bridgehead atoms. The highest BCUT2D eigenvalue weighted by Gasteiger charge is 1.98. The van der Waals surface area contributed by atoms with Gasteiger partial charge >= 0.3 is 6.19 Å². The summed E-state index contributed by atoms with van der Waals surface area (Å²) in [5, 5.41) is 8.72. The molecule has 3 heteroatoms. The molecule has 0 saturated carbocycles. The Morgan fingerprint density at radius 3 is 2.60 bits per heavy atom. The molecule has 0 atom stereocenters. The van der Waals surface area contributed by atoms with Crippen molar-refractivity contribution in [2.75, 3.05) is 0 Å². The van der Waals surface area contributed by atoms with Crippen LogP contribution < -0.4 is 0 Å². The number of nitriles is 1. The van der Waals surface area contributed by atoms with Crippen LogP contribution in [-0.2, 0) is 0 Å². The molecule has 1 rings (SSSR count). The lowest BCUT2D eigenvalue weighted by Crippen LogP contribution is -2.09. The molecule has 0 fully saturated rings. The number of thiocarbonyl (C=S) groups is 1. The van der Waals surface area contributed by atoms with E-state index >= 15 is 0 Å². The molecule has 0 heterocycles. The van der Waals surface area contributed by atoms with Crippen molar-refractivity contribution in [2.45, 2.75) is 6.92 Å². The first-order valence-corrected chi connectivity index (χ1v) is 4.91. The molecule has 0 aliphatic heterocycles. The van der Waals surface area contributed by atoms with Gasteiger partial charge in [0.15, 0.2) is 10.3 Å². The zero-order valence-corrected chi connectivity index (χ0v) is 9.24. The number of hydrogen-bond donors (Lipinski definition) is 0. The largest absolute Gasteiger partial charge is 0.464 e. The SMILES string of the molecule is CC(=S)[N+](C#N)=C/C=C/c1ccccc1. The van der Waals surface area contributed by atoms with Crippen LogP contribution in [0.3, 0.4) is 0 Å². The summed E-state index contributed by atoms with van der Waals surface area (Å²) in [7, 11) is 0. The minimum absolute atomic E-state index is 0.537. The van der Waals surface area contributed by atoms with Crippen molar-refractivity contribution in [3.05, 3.63) is 42.0 Å². The maximum atomic E-state index is 8.72. The first kappa shape index (κ1) is 11.3. The fourth-order valence-electron chi connectivity index (χ4n) is 1.01. The molecule has 0 aliphatic rings. The topological polar surface area (TPSA) is 26.8 Å². The predicted octanol–water partition coefficient (Wildman–Crippen LogP) is 2.61. The van der Waals surface area contributed by atoms with Crippen LogP contribution in [-0.4, -0.2) is 15.8 Å². The van der Waals surface area contributed by atoms with E-state index in [0.717, 1.165) is 5.56 Å². The van der Waals surface area contributed by atoms with Crippen molar-refractivity contribution < 1.29 is 4.58 Å². The lowest BCUT2D eigenvalue weighted by atomic mass is 10.2. The molecule has 0 N–H and O–H groups in total. The van der Waals surface area contributed by atoms with Crippen molar-refractivity contribution in [3.63, 3.8) is 0 Å². The van der Waals surface area contributed by atoms with Gasteiger partial charge in [0.25, 0.3) is 0 Å². The number of nitrogens with zero attached hydrogens (tertiary/aromatic N) is 2. The molecule has 1 aromatic carbocycles. The van der Waals surface area contributed by atoms with E-state index in [1.54, 1.807) is 19.2 Å². The highest BCUT2D eigenvalue weighted by Crippen LogP contribution is 1.99. The van der Waals surface area contributed by atoms with Gasteiger partial charge in [0.2, 0.25) is 0 Å². The predicted molar refractivity (Wildman–Crippen MR) is 65.7 cm³/mol. The van der Waals surface area contributed by atoms with Crippen LogP contribution in [0.25, 0.3) is 6.08 Å². The summed E-state index contributed by atoms with van der Waals surface area (Å²) in [6, 6.07) is 9.87. The van der Waals surface area contributed by atoms with Crippen molar-refractivity contribution >= 4 is 29.5 Å². The van der Waals surface area contributed by atoms with E-state index in [1.165, 1.54) is 4.58 Å². The lowest BCUT2D eigenvalue weighted by molar-refractivity contribution is -0.293. The van der Waals surface area contributed by atoms with Gasteiger partial charge in [0, 0.05) is 6.92 Å². The van der Waals surface area contributed by atoms with Crippen LogP contribution >= 0.6 is 12.2 Å². The molecule has 2 nitrogen and oxygen atoms in total.